The van der Waals surface area contributed by atoms with Crippen molar-refractivity contribution in [1.82, 2.24) is 20.1 Å². The smallest absolute Gasteiger partial charge is 0.409 e. The second kappa shape index (κ2) is 8.82. The van der Waals surface area contributed by atoms with Gasteiger partial charge in [0, 0.05) is 25.2 Å². The maximum absolute atomic E-state index is 11.7. The highest BCUT2D eigenvalue weighted by Gasteiger charge is 2.24. The van der Waals surface area contributed by atoms with Crippen LogP contribution in [-0.4, -0.2) is 58.0 Å². The summed E-state index contributed by atoms with van der Waals surface area (Å²) in [6.07, 6.45) is 9.38. The molecule has 2 heterocycles. The monoisotopic (exact) mass is 348 g/mol. The molecule has 3 rings (SSSR count). The molecular weight excluding hydrogens is 320 g/mol. The summed E-state index contributed by atoms with van der Waals surface area (Å²) in [5, 5.41) is 15.0. The van der Waals surface area contributed by atoms with Gasteiger partial charge in [0.15, 0.2) is 5.82 Å². The van der Waals surface area contributed by atoms with Crippen molar-refractivity contribution in [2.24, 2.45) is 0 Å². The number of nitrogens with one attached hydrogen (secondary N) is 2. The molecule has 1 aromatic heterocycles. The number of nitrogens with zero attached hydrogens (tertiary/aromatic N) is 4. The predicted molar refractivity (Wildman–Crippen MR) is 95.6 cm³/mol. The largest absolute Gasteiger partial charge is 0.450 e. The van der Waals surface area contributed by atoms with Gasteiger partial charge in [-0.15, -0.1) is 5.10 Å². The summed E-state index contributed by atoms with van der Waals surface area (Å²) in [6.45, 7) is 3.64. The van der Waals surface area contributed by atoms with Crippen LogP contribution in [0.15, 0.2) is 6.20 Å². The summed E-state index contributed by atoms with van der Waals surface area (Å²) in [5.41, 5.74) is 0. The minimum atomic E-state index is -0.219. The summed E-state index contributed by atoms with van der Waals surface area (Å²) in [6, 6.07) is 0.739. The van der Waals surface area contributed by atoms with Gasteiger partial charge in [-0.2, -0.15) is 10.1 Å². The third-order valence-corrected chi connectivity index (χ3v) is 4.87. The lowest BCUT2D eigenvalue weighted by molar-refractivity contribution is 0.0983. The van der Waals surface area contributed by atoms with E-state index in [1.54, 1.807) is 11.1 Å². The van der Waals surface area contributed by atoms with Crippen LogP contribution in [0.5, 0.6) is 0 Å². The van der Waals surface area contributed by atoms with Gasteiger partial charge in [0.1, 0.15) is 0 Å². The first-order valence-corrected chi connectivity index (χ1v) is 9.39. The molecule has 2 fully saturated rings. The van der Waals surface area contributed by atoms with Crippen molar-refractivity contribution in [1.29, 1.82) is 0 Å². The fourth-order valence-electron chi connectivity index (χ4n) is 3.49. The Balaban J connectivity index is 1.48. The molecule has 0 radical (unpaired) electrons. The molecule has 1 aliphatic carbocycles. The van der Waals surface area contributed by atoms with Crippen LogP contribution < -0.4 is 10.6 Å². The minimum absolute atomic E-state index is 0.219. The van der Waals surface area contributed by atoms with Gasteiger partial charge in [-0.3, -0.25) is 0 Å². The Kier molecular flexibility index (Phi) is 6.25. The fraction of sp³-hybridized carbons (Fsp3) is 0.765. The number of likely N-dealkylation sites (tertiary alicyclic amines) is 1. The van der Waals surface area contributed by atoms with E-state index >= 15 is 0 Å². The summed E-state index contributed by atoms with van der Waals surface area (Å²) in [5.74, 6) is 1.34. The van der Waals surface area contributed by atoms with Crippen LogP contribution in [0.25, 0.3) is 0 Å². The standard InChI is InChI=1S/C17H28N6O2/c1-2-25-17(24)23-10-8-14(9-11-23)19-15-12-18-22-16(21-15)20-13-6-4-3-5-7-13/h12-14H,2-11H2,1H3,(H2,19,20,21,22). The quantitative estimate of drug-likeness (QED) is 0.845. The summed E-state index contributed by atoms with van der Waals surface area (Å²) >= 11 is 0. The van der Waals surface area contributed by atoms with Crippen LogP contribution in [0.4, 0.5) is 16.6 Å². The molecule has 1 aliphatic heterocycles. The van der Waals surface area contributed by atoms with Crippen molar-refractivity contribution >= 4 is 17.9 Å². The van der Waals surface area contributed by atoms with Crippen molar-refractivity contribution in [3.8, 4) is 0 Å². The van der Waals surface area contributed by atoms with Gasteiger partial charge in [0.05, 0.1) is 12.8 Å². The van der Waals surface area contributed by atoms with Gasteiger partial charge in [0.25, 0.3) is 0 Å². The average molecular weight is 348 g/mol. The Morgan fingerprint density at radius 1 is 1.16 bits per heavy atom. The lowest BCUT2D eigenvalue weighted by Crippen LogP contribution is -2.42. The Morgan fingerprint density at radius 3 is 2.60 bits per heavy atom. The van der Waals surface area contributed by atoms with Gasteiger partial charge in [-0.05, 0) is 32.6 Å². The zero-order chi connectivity index (χ0) is 17.5. The number of carbonyl (C=O) groups excluding carboxylic acids is 1. The van der Waals surface area contributed by atoms with Crippen molar-refractivity contribution < 1.29 is 9.53 Å². The number of carbonyl (C=O) groups is 1. The van der Waals surface area contributed by atoms with E-state index in [0.717, 1.165) is 18.7 Å². The van der Waals surface area contributed by atoms with Crippen molar-refractivity contribution in [2.45, 2.75) is 64.0 Å². The van der Waals surface area contributed by atoms with Crippen molar-refractivity contribution in [3.05, 3.63) is 6.20 Å². The Bertz CT molecular complexity index is 556. The van der Waals surface area contributed by atoms with Crippen LogP contribution in [0, 0.1) is 0 Å². The van der Waals surface area contributed by atoms with Crippen molar-refractivity contribution in [3.63, 3.8) is 0 Å². The molecule has 25 heavy (non-hydrogen) atoms. The Hall–Kier alpha value is -2.12. The predicted octanol–water partition coefficient (Wildman–Crippen LogP) is 2.65. The maximum atomic E-state index is 11.7. The molecule has 2 aliphatic rings. The number of hydrogen-bond acceptors (Lipinski definition) is 7. The third kappa shape index (κ3) is 5.17. The second-order valence-corrected chi connectivity index (χ2v) is 6.75. The molecule has 1 saturated carbocycles. The van der Waals surface area contributed by atoms with E-state index in [0.29, 0.717) is 31.7 Å². The SMILES string of the molecule is CCOC(=O)N1CCC(Nc2cnnc(NC3CCCCC3)n2)CC1. The molecular formula is C17H28N6O2. The molecule has 0 unspecified atom stereocenters. The van der Waals surface area contributed by atoms with E-state index in [2.05, 4.69) is 25.8 Å². The van der Waals surface area contributed by atoms with E-state index < -0.39 is 0 Å². The van der Waals surface area contributed by atoms with Crippen LogP contribution in [0.1, 0.15) is 51.9 Å². The molecule has 0 aromatic carbocycles. The highest BCUT2D eigenvalue weighted by Crippen LogP contribution is 2.21. The highest BCUT2D eigenvalue weighted by molar-refractivity contribution is 5.67. The average Bonchev–Trinajstić information content (AvgIpc) is 2.64. The molecule has 1 aromatic rings. The van der Waals surface area contributed by atoms with E-state index in [1.807, 2.05) is 6.92 Å². The third-order valence-electron chi connectivity index (χ3n) is 4.87. The highest BCUT2D eigenvalue weighted by atomic mass is 16.6. The fourth-order valence-corrected chi connectivity index (χ4v) is 3.49. The first kappa shape index (κ1) is 17.7. The number of amides is 1. The number of rotatable bonds is 5. The molecule has 0 spiro atoms. The first-order chi connectivity index (χ1) is 12.2. The van der Waals surface area contributed by atoms with E-state index in [9.17, 15) is 4.79 Å². The molecule has 138 valence electrons. The molecule has 2 N–H and O–H groups in total. The van der Waals surface area contributed by atoms with Gasteiger partial charge in [-0.25, -0.2) is 4.79 Å². The molecule has 1 amide bonds. The Morgan fingerprint density at radius 2 is 1.88 bits per heavy atom. The zero-order valence-electron chi connectivity index (χ0n) is 14.9. The lowest BCUT2D eigenvalue weighted by atomic mass is 9.96. The molecule has 8 heteroatoms. The number of anilines is 2. The van der Waals surface area contributed by atoms with Crippen LogP contribution >= 0.6 is 0 Å². The minimum Gasteiger partial charge on any atom is -0.450 e. The summed E-state index contributed by atoms with van der Waals surface area (Å²) < 4.78 is 5.05. The van der Waals surface area contributed by atoms with Gasteiger partial charge < -0.3 is 20.3 Å². The van der Waals surface area contributed by atoms with E-state index in [1.165, 1.54) is 32.1 Å². The molecule has 0 atom stereocenters. The number of hydrogen-bond donors (Lipinski definition) is 2. The van der Waals surface area contributed by atoms with Crippen LogP contribution in [0.3, 0.4) is 0 Å². The molecule has 1 saturated heterocycles. The summed E-state index contributed by atoms with van der Waals surface area (Å²) in [7, 11) is 0. The van der Waals surface area contributed by atoms with Crippen LogP contribution in [0.2, 0.25) is 0 Å². The van der Waals surface area contributed by atoms with Gasteiger partial charge in [0.2, 0.25) is 5.95 Å². The van der Waals surface area contributed by atoms with E-state index in [4.69, 9.17) is 4.74 Å². The van der Waals surface area contributed by atoms with Crippen molar-refractivity contribution in [2.75, 3.05) is 30.3 Å². The number of ether oxygens (including phenoxy) is 1. The zero-order valence-corrected chi connectivity index (χ0v) is 14.9. The summed E-state index contributed by atoms with van der Waals surface area (Å²) in [4.78, 5) is 18.0. The van der Waals surface area contributed by atoms with Crippen LogP contribution in [-0.2, 0) is 4.74 Å². The molecule has 8 nitrogen and oxygen atoms in total. The molecule has 0 bridgehead atoms. The number of aromatic nitrogens is 3. The Labute approximate surface area is 148 Å². The maximum Gasteiger partial charge on any atom is 0.409 e. The topological polar surface area (TPSA) is 92.3 Å². The van der Waals surface area contributed by atoms with Gasteiger partial charge >= 0.3 is 6.09 Å². The second-order valence-electron chi connectivity index (χ2n) is 6.75. The van der Waals surface area contributed by atoms with Gasteiger partial charge in [-0.1, -0.05) is 19.3 Å². The lowest BCUT2D eigenvalue weighted by Gasteiger charge is -2.31. The first-order valence-electron chi connectivity index (χ1n) is 9.39. The van der Waals surface area contributed by atoms with E-state index in [-0.39, 0.29) is 12.1 Å². The number of piperidine rings is 1. The normalized spacial score (nSPS) is 19.5.